The smallest absolute Gasteiger partial charge is 0.493 e. The number of methoxy groups -OCH3 is 1. The molecule has 1 aromatic heterocycles. The highest BCUT2D eigenvalue weighted by molar-refractivity contribution is 6.29. The predicted octanol–water partition coefficient (Wildman–Crippen LogP) is 5.45. The standard InChI is InChI=1S/C26H23ClF3N5O4/c1-3-16-13-23(36)35(34-24(16)17-6-10-20(21(12-17)38-2)39-26(28,29)30)14-15-4-7-18(8-5-15)31-25(37)19-9-11-22(27)33-32-19/h4-12,16H,3,13-14H2,1-2H3,(H,31,37). The molecule has 3 aromatic rings. The van der Waals surface area contributed by atoms with Crippen LogP contribution < -0.4 is 14.8 Å². The van der Waals surface area contributed by atoms with Gasteiger partial charge < -0.3 is 14.8 Å². The Hall–Kier alpha value is -4.19. The molecule has 4 rings (SSSR count). The van der Waals surface area contributed by atoms with E-state index in [4.69, 9.17) is 16.3 Å². The van der Waals surface area contributed by atoms with E-state index in [1.807, 2.05) is 6.92 Å². The number of nitrogens with zero attached hydrogens (tertiary/aromatic N) is 4. The SMILES string of the molecule is CCC1CC(=O)N(Cc2ccc(NC(=O)c3ccc(Cl)nn3)cc2)N=C1c1ccc(OC(F)(F)F)c(OC)c1. The van der Waals surface area contributed by atoms with E-state index < -0.39 is 18.0 Å². The van der Waals surface area contributed by atoms with Crippen LogP contribution in [0.1, 0.15) is 41.4 Å². The van der Waals surface area contributed by atoms with Crippen LogP contribution in [-0.4, -0.2) is 46.2 Å². The molecule has 13 heteroatoms. The maximum atomic E-state index is 12.8. The zero-order valence-corrected chi connectivity index (χ0v) is 21.6. The van der Waals surface area contributed by atoms with Crippen LogP contribution in [0.15, 0.2) is 59.7 Å². The molecule has 2 amide bonds. The van der Waals surface area contributed by atoms with E-state index in [1.165, 1.54) is 42.5 Å². The predicted molar refractivity (Wildman–Crippen MR) is 137 cm³/mol. The highest BCUT2D eigenvalue weighted by atomic mass is 35.5. The van der Waals surface area contributed by atoms with Crippen molar-refractivity contribution in [1.29, 1.82) is 0 Å². The molecule has 0 fully saturated rings. The first kappa shape index (κ1) is 27.8. The molecule has 2 heterocycles. The molecule has 1 aliphatic rings. The Morgan fingerprint density at radius 1 is 1.10 bits per heavy atom. The molecule has 0 aliphatic carbocycles. The molecule has 9 nitrogen and oxygen atoms in total. The fourth-order valence-electron chi connectivity index (χ4n) is 3.97. The molecule has 204 valence electrons. The number of carbonyl (C=O) groups is 2. The molecule has 0 saturated heterocycles. The van der Waals surface area contributed by atoms with Crippen LogP contribution in [0.25, 0.3) is 0 Å². The summed E-state index contributed by atoms with van der Waals surface area (Å²) in [6, 6.07) is 13.8. The minimum absolute atomic E-state index is 0.101. The average Bonchev–Trinajstić information content (AvgIpc) is 2.90. The number of alkyl halides is 3. The van der Waals surface area contributed by atoms with Crippen LogP contribution in [0.4, 0.5) is 18.9 Å². The lowest BCUT2D eigenvalue weighted by molar-refractivity contribution is -0.275. The topological polar surface area (TPSA) is 106 Å². The summed E-state index contributed by atoms with van der Waals surface area (Å²) in [5.74, 6) is -1.44. The van der Waals surface area contributed by atoms with Gasteiger partial charge in [-0.3, -0.25) is 9.59 Å². The molecule has 2 aromatic carbocycles. The van der Waals surface area contributed by atoms with Gasteiger partial charge in [0, 0.05) is 23.6 Å². The molecule has 0 saturated carbocycles. The first-order chi connectivity index (χ1) is 18.6. The van der Waals surface area contributed by atoms with Crippen molar-refractivity contribution in [2.75, 3.05) is 12.4 Å². The Labute approximate surface area is 226 Å². The van der Waals surface area contributed by atoms with Gasteiger partial charge in [0.05, 0.1) is 19.4 Å². The van der Waals surface area contributed by atoms with Crippen molar-refractivity contribution < 1.29 is 32.2 Å². The lowest BCUT2D eigenvalue weighted by atomic mass is 9.89. The number of halogens is 4. The van der Waals surface area contributed by atoms with Gasteiger partial charge in [-0.2, -0.15) is 5.10 Å². The Balaban J connectivity index is 1.52. The lowest BCUT2D eigenvalue weighted by Gasteiger charge is -2.29. The Bertz CT molecular complexity index is 1380. The average molecular weight is 562 g/mol. The Kier molecular flexibility index (Phi) is 8.34. The minimum Gasteiger partial charge on any atom is -0.493 e. The van der Waals surface area contributed by atoms with E-state index in [9.17, 15) is 22.8 Å². The summed E-state index contributed by atoms with van der Waals surface area (Å²) in [6.07, 6.45) is -4.07. The lowest BCUT2D eigenvalue weighted by Crippen LogP contribution is -2.36. The third-order valence-corrected chi connectivity index (χ3v) is 6.11. The first-order valence-electron chi connectivity index (χ1n) is 11.8. The van der Waals surface area contributed by atoms with Crippen LogP contribution in [0, 0.1) is 5.92 Å². The molecular weight excluding hydrogens is 539 g/mol. The normalized spacial score (nSPS) is 15.5. The number of aromatic nitrogens is 2. The van der Waals surface area contributed by atoms with Crippen molar-refractivity contribution >= 4 is 34.8 Å². The van der Waals surface area contributed by atoms with Gasteiger partial charge in [0.25, 0.3) is 5.91 Å². The summed E-state index contributed by atoms with van der Waals surface area (Å²) in [6.45, 7) is 2.06. The summed E-state index contributed by atoms with van der Waals surface area (Å²) in [5.41, 5.74) is 2.44. The van der Waals surface area contributed by atoms with Crippen LogP contribution in [0.2, 0.25) is 5.15 Å². The second-order valence-electron chi connectivity index (χ2n) is 8.55. The number of hydrogen-bond acceptors (Lipinski definition) is 7. The number of benzene rings is 2. The number of hydrogen-bond donors (Lipinski definition) is 1. The fraction of sp³-hybridized carbons (Fsp3) is 0.269. The molecule has 0 spiro atoms. The van der Waals surface area contributed by atoms with E-state index in [2.05, 4.69) is 25.4 Å². The van der Waals surface area contributed by atoms with Gasteiger partial charge in [-0.05, 0) is 54.4 Å². The van der Waals surface area contributed by atoms with Crippen LogP contribution in [-0.2, 0) is 11.3 Å². The largest absolute Gasteiger partial charge is 0.573 e. The van der Waals surface area contributed by atoms with Crippen molar-refractivity contribution in [3.8, 4) is 11.5 Å². The molecule has 0 radical (unpaired) electrons. The number of rotatable bonds is 8. The van der Waals surface area contributed by atoms with E-state index in [-0.39, 0.29) is 41.4 Å². The zero-order chi connectivity index (χ0) is 28.2. The summed E-state index contributed by atoms with van der Waals surface area (Å²) in [5, 5.41) is 16.1. The van der Waals surface area contributed by atoms with E-state index in [1.54, 1.807) is 24.3 Å². The number of ether oxygens (including phenoxy) is 2. The van der Waals surface area contributed by atoms with Gasteiger partial charge in [-0.15, -0.1) is 23.4 Å². The van der Waals surface area contributed by atoms with Crippen LogP contribution in [0.5, 0.6) is 11.5 Å². The van der Waals surface area contributed by atoms with Gasteiger partial charge in [-0.25, -0.2) is 5.01 Å². The monoisotopic (exact) mass is 561 g/mol. The Morgan fingerprint density at radius 2 is 1.85 bits per heavy atom. The van der Waals surface area contributed by atoms with Gasteiger partial charge in [0.1, 0.15) is 0 Å². The first-order valence-corrected chi connectivity index (χ1v) is 12.2. The maximum Gasteiger partial charge on any atom is 0.573 e. The van der Waals surface area contributed by atoms with Crippen molar-refractivity contribution in [3.63, 3.8) is 0 Å². The molecular formula is C26H23ClF3N5O4. The van der Waals surface area contributed by atoms with Gasteiger partial charge >= 0.3 is 6.36 Å². The quantitative estimate of drug-likeness (QED) is 0.392. The van der Waals surface area contributed by atoms with Crippen molar-refractivity contribution in [3.05, 3.63) is 76.6 Å². The molecule has 1 N–H and O–H groups in total. The maximum absolute atomic E-state index is 12.8. The van der Waals surface area contributed by atoms with Crippen LogP contribution >= 0.6 is 11.6 Å². The highest BCUT2D eigenvalue weighted by Gasteiger charge is 2.34. The molecule has 1 unspecified atom stereocenters. The summed E-state index contributed by atoms with van der Waals surface area (Å²) >= 11 is 5.69. The third-order valence-electron chi connectivity index (χ3n) is 5.91. The summed E-state index contributed by atoms with van der Waals surface area (Å²) < 4.78 is 47.3. The van der Waals surface area contributed by atoms with Gasteiger partial charge in [0.2, 0.25) is 5.91 Å². The van der Waals surface area contributed by atoms with E-state index >= 15 is 0 Å². The number of hydrazone groups is 1. The van der Waals surface area contributed by atoms with Crippen molar-refractivity contribution in [2.24, 2.45) is 11.0 Å². The minimum atomic E-state index is -4.87. The molecule has 0 bridgehead atoms. The number of carbonyl (C=O) groups excluding carboxylic acids is 2. The number of anilines is 1. The number of nitrogens with one attached hydrogen (secondary N) is 1. The van der Waals surface area contributed by atoms with Gasteiger partial charge in [-0.1, -0.05) is 30.7 Å². The third kappa shape index (κ3) is 7.02. The Morgan fingerprint density at radius 3 is 2.46 bits per heavy atom. The van der Waals surface area contributed by atoms with Crippen molar-refractivity contribution in [2.45, 2.75) is 32.7 Å². The van der Waals surface area contributed by atoms with E-state index in [0.717, 1.165) is 5.56 Å². The summed E-state index contributed by atoms with van der Waals surface area (Å²) in [4.78, 5) is 25.2. The number of amides is 2. The zero-order valence-electron chi connectivity index (χ0n) is 20.8. The second kappa shape index (κ2) is 11.7. The summed E-state index contributed by atoms with van der Waals surface area (Å²) in [7, 11) is 1.24. The molecule has 1 atom stereocenters. The van der Waals surface area contributed by atoms with E-state index in [0.29, 0.717) is 23.4 Å². The van der Waals surface area contributed by atoms with Gasteiger partial charge in [0.15, 0.2) is 22.3 Å². The highest BCUT2D eigenvalue weighted by Crippen LogP contribution is 2.35. The van der Waals surface area contributed by atoms with Crippen molar-refractivity contribution in [1.82, 2.24) is 15.2 Å². The molecule has 39 heavy (non-hydrogen) atoms. The molecule has 1 aliphatic heterocycles. The van der Waals surface area contributed by atoms with Crippen LogP contribution in [0.3, 0.4) is 0 Å². The fourth-order valence-corrected chi connectivity index (χ4v) is 4.07. The second-order valence-corrected chi connectivity index (χ2v) is 8.94.